The maximum atomic E-state index is 5.86. The fourth-order valence-electron chi connectivity index (χ4n) is 2.49. The minimum atomic E-state index is 0.812. The van der Waals surface area contributed by atoms with Gasteiger partial charge in [-0.3, -0.25) is 0 Å². The quantitative estimate of drug-likeness (QED) is 0.755. The molecule has 3 heteroatoms. The van der Waals surface area contributed by atoms with Crippen molar-refractivity contribution in [1.29, 1.82) is 0 Å². The maximum Gasteiger partial charge on any atom is 0.137 e. The van der Waals surface area contributed by atoms with Crippen LogP contribution in [0.1, 0.15) is 5.56 Å². The molecule has 106 valence electrons. The van der Waals surface area contributed by atoms with E-state index >= 15 is 0 Å². The second-order valence-electron chi connectivity index (χ2n) is 6.83. The summed E-state index contributed by atoms with van der Waals surface area (Å²) in [5.41, 5.74) is 1.28. The van der Waals surface area contributed by atoms with Crippen LogP contribution in [0.4, 0.5) is 0 Å². The van der Waals surface area contributed by atoms with Crippen molar-refractivity contribution in [2.45, 2.75) is 6.92 Å². The van der Waals surface area contributed by atoms with E-state index in [1.54, 1.807) is 0 Å². The molecular weight excluding hydrogens is 236 g/mol. The standard InChI is InChI=1S/C16H28N2O/c1-15-5-7-16(8-6-15)19-14-13-18(4)11-9-17(2,3)10-12-18/h5-8H,9-14H2,1-4H3/q+2. The van der Waals surface area contributed by atoms with Gasteiger partial charge in [0.1, 0.15) is 45.1 Å². The predicted octanol–water partition coefficient (Wildman–Crippen LogP) is 1.91. The van der Waals surface area contributed by atoms with E-state index in [4.69, 9.17) is 4.74 Å². The molecule has 0 bridgehead atoms. The van der Waals surface area contributed by atoms with Gasteiger partial charge in [-0.05, 0) is 19.1 Å². The molecule has 3 nitrogen and oxygen atoms in total. The van der Waals surface area contributed by atoms with E-state index in [-0.39, 0.29) is 0 Å². The Hall–Kier alpha value is -1.06. The number of hydrogen-bond donors (Lipinski definition) is 0. The third-order valence-electron chi connectivity index (χ3n) is 4.41. The summed E-state index contributed by atoms with van der Waals surface area (Å²) in [5.74, 6) is 0.991. The Balaban J connectivity index is 1.78. The molecule has 1 aliphatic rings. The predicted molar refractivity (Wildman–Crippen MR) is 79.3 cm³/mol. The number of likely N-dealkylation sites (N-methyl/N-ethyl adjacent to an activating group) is 2. The Morgan fingerprint density at radius 3 is 2.11 bits per heavy atom. The van der Waals surface area contributed by atoms with Gasteiger partial charge in [-0.2, -0.15) is 0 Å². The summed E-state index contributed by atoms with van der Waals surface area (Å²) in [5, 5.41) is 0. The average molecular weight is 264 g/mol. The maximum absolute atomic E-state index is 5.86. The van der Waals surface area contributed by atoms with Gasteiger partial charge in [0.15, 0.2) is 0 Å². The summed E-state index contributed by atoms with van der Waals surface area (Å²) in [6.45, 7) is 9.06. The molecule has 1 aliphatic heterocycles. The Bertz CT molecular complexity index is 401. The lowest BCUT2D eigenvalue weighted by Gasteiger charge is -2.44. The summed E-state index contributed by atoms with van der Waals surface area (Å²) in [6, 6.07) is 8.33. The molecule has 0 atom stereocenters. The van der Waals surface area contributed by atoms with Gasteiger partial charge in [0.25, 0.3) is 0 Å². The van der Waals surface area contributed by atoms with Crippen LogP contribution in [0.3, 0.4) is 0 Å². The molecule has 19 heavy (non-hydrogen) atoms. The monoisotopic (exact) mass is 264 g/mol. The molecule has 0 amide bonds. The highest BCUT2D eigenvalue weighted by Gasteiger charge is 2.34. The summed E-state index contributed by atoms with van der Waals surface area (Å²) >= 11 is 0. The molecule has 1 fully saturated rings. The van der Waals surface area contributed by atoms with Crippen molar-refractivity contribution in [3.8, 4) is 5.75 Å². The van der Waals surface area contributed by atoms with Gasteiger partial charge in [-0.1, -0.05) is 17.7 Å². The van der Waals surface area contributed by atoms with Crippen molar-refractivity contribution in [2.75, 3.05) is 60.5 Å². The number of benzene rings is 1. The van der Waals surface area contributed by atoms with Crippen molar-refractivity contribution in [3.05, 3.63) is 29.8 Å². The molecule has 1 heterocycles. The van der Waals surface area contributed by atoms with Crippen molar-refractivity contribution >= 4 is 0 Å². The van der Waals surface area contributed by atoms with Gasteiger partial charge in [0.05, 0.1) is 21.1 Å². The van der Waals surface area contributed by atoms with Crippen molar-refractivity contribution in [1.82, 2.24) is 0 Å². The van der Waals surface area contributed by atoms with E-state index in [1.807, 2.05) is 0 Å². The number of aryl methyl sites for hydroxylation is 1. The molecule has 0 N–H and O–H groups in total. The first-order valence-electron chi connectivity index (χ1n) is 7.24. The van der Waals surface area contributed by atoms with Crippen LogP contribution >= 0.6 is 0 Å². The second kappa shape index (κ2) is 5.51. The van der Waals surface area contributed by atoms with E-state index < -0.39 is 0 Å². The normalized spacial score (nSPS) is 21.1. The Labute approximate surface area is 117 Å². The van der Waals surface area contributed by atoms with Crippen LogP contribution in [0.25, 0.3) is 0 Å². The Morgan fingerprint density at radius 1 is 0.947 bits per heavy atom. The van der Waals surface area contributed by atoms with E-state index in [0.29, 0.717) is 0 Å². The molecule has 0 aliphatic carbocycles. The number of hydrogen-bond acceptors (Lipinski definition) is 1. The molecule has 1 aromatic rings. The van der Waals surface area contributed by atoms with Gasteiger partial charge >= 0.3 is 0 Å². The van der Waals surface area contributed by atoms with Crippen molar-refractivity contribution < 1.29 is 13.7 Å². The molecule has 1 saturated heterocycles. The summed E-state index contributed by atoms with van der Waals surface area (Å²) in [7, 11) is 7.01. The van der Waals surface area contributed by atoms with E-state index in [0.717, 1.165) is 27.9 Å². The van der Waals surface area contributed by atoms with Crippen LogP contribution in [0.2, 0.25) is 0 Å². The summed E-state index contributed by atoms with van der Waals surface area (Å²) in [4.78, 5) is 0. The Kier molecular flexibility index (Phi) is 4.16. The number of rotatable bonds is 4. The number of piperazine rings is 1. The lowest BCUT2D eigenvalue weighted by Crippen LogP contribution is -2.63. The van der Waals surface area contributed by atoms with Crippen LogP contribution < -0.4 is 4.74 Å². The fraction of sp³-hybridized carbons (Fsp3) is 0.625. The average Bonchev–Trinajstić information content (AvgIpc) is 2.36. The van der Waals surface area contributed by atoms with Gasteiger partial charge in [0, 0.05) is 0 Å². The highest BCUT2D eigenvalue weighted by Crippen LogP contribution is 2.15. The van der Waals surface area contributed by atoms with E-state index in [9.17, 15) is 0 Å². The highest BCUT2D eigenvalue weighted by molar-refractivity contribution is 5.26. The van der Waals surface area contributed by atoms with Gasteiger partial charge in [-0.25, -0.2) is 0 Å². The SMILES string of the molecule is Cc1ccc(OCC[N+]2(C)CC[N+](C)(C)CC2)cc1. The first kappa shape index (κ1) is 14.4. The van der Waals surface area contributed by atoms with E-state index in [1.165, 1.54) is 31.7 Å². The van der Waals surface area contributed by atoms with Crippen LogP contribution in [0.5, 0.6) is 5.75 Å². The van der Waals surface area contributed by atoms with Gasteiger partial charge in [0.2, 0.25) is 0 Å². The molecule has 0 unspecified atom stereocenters. The first-order chi connectivity index (χ1) is 8.89. The minimum absolute atomic E-state index is 0.812. The lowest BCUT2D eigenvalue weighted by atomic mass is 10.2. The topological polar surface area (TPSA) is 9.23 Å². The third-order valence-corrected chi connectivity index (χ3v) is 4.41. The zero-order valence-corrected chi connectivity index (χ0v) is 12.9. The summed E-state index contributed by atoms with van der Waals surface area (Å²) < 4.78 is 8.17. The van der Waals surface area contributed by atoms with Crippen LogP contribution in [0.15, 0.2) is 24.3 Å². The van der Waals surface area contributed by atoms with Crippen LogP contribution in [0, 0.1) is 6.92 Å². The second-order valence-corrected chi connectivity index (χ2v) is 6.83. The highest BCUT2D eigenvalue weighted by atomic mass is 16.5. The zero-order chi connectivity index (χ0) is 13.9. The number of ether oxygens (including phenoxy) is 1. The molecule has 0 spiro atoms. The molecule has 0 aromatic heterocycles. The third kappa shape index (κ3) is 4.22. The van der Waals surface area contributed by atoms with Crippen molar-refractivity contribution in [2.24, 2.45) is 0 Å². The summed E-state index contributed by atoms with van der Waals surface area (Å²) in [6.07, 6.45) is 0. The Morgan fingerprint density at radius 2 is 1.53 bits per heavy atom. The largest absolute Gasteiger partial charge is 0.488 e. The van der Waals surface area contributed by atoms with E-state index in [2.05, 4.69) is 52.3 Å². The molecule has 1 aromatic carbocycles. The molecule has 0 saturated carbocycles. The number of quaternary nitrogens is 2. The smallest absolute Gasteiger partial charge is 0.137 e. The minimum Gasteiger partial charge on any atom is -0.488 e. The fourth-order valence-corrected chi connectivity index (χ4v) is 2.49. The molecular formula is C16H28N2O+2. The zero-order valence-electron chi connectivity index (χ0n) is 12.9. The van der Waals surface area contributed by atoms with Crippen LogP contribution in [-0.2, 0) is 0 Å². The molecule has 2 rings (SSSR count). The van der Waals surface area contributed by atoms with Crippen molar-refractivity contribution in [3.63, 3.8) is 0 Å². The molecule has 0 radical (unpaired) electrons. The van der Waals surface area contributed by atoms with Crippen LogP contribution in [-0.4, -0.2) is 69.4 Å². The lowest BCUT2D eigenvalue weighted by molar-refractivity contribution is -1.01. The number of nitrogens with zero attached hydrogens (tertiary/aromatic N) is 2. The first-order valence-corrected chi connectivity index (χ1v) is 7.24. The van der Waals surface area contributed by atoms with Gasteiger partial charge in [-0.15, -0.1) is 0 Å². The van der Waals surface area contributed by atoms with Gasteiger partial charge < -0.3 is 13.7 Å².